The molecule has 0 saturated carbocycles. The summed E-state index contributed by atoms with van der Waals surface area (Å²) in [5, 5.41) is 10.7. The van der Waals surface area contributed by atoms with E-state index in [2.05, 4.69) is 14.9 Å². The number of imidazole rings is 1. The van der Waals surface area contributed by atoms with Crippen LogP contribution < -0.4 is 0 Å². The Morgan fingerprint density at radius 1 is 1.62 bits per heavy atom. The molecular weight excluding hydrogens is 272 g/mol. The van der Waals surface area contributed by atoms with Gasteiger partial charge in [0.2, 0.25) is 5.91 Å². The molecule has 7 nitrogen and oxygen atoms in total. The quantitative estimate of drug-likeness (QED) is 0.801. The Labute approximate surface area is 124 Å². The number of β-amino-alcohol motifs (C(OH)–C–C–N with tert-alkyl or cyclic N) is 1. The number of carbonyl (C=O) groups is 1. The van der Waals surface area contributed by atoms with E-state index in [1.807, 2.05) is 6.92 Å². The van der Waals surface area contributed by atoms with Gasteiger partial charge in [-0.15, -0.1) is 0 Å². The second-order valence-corrected chi connectivity index (χ2v) is 5.93. The summed E-state index contributed by atoms with van der Waals surface area (Å²) < 4.78 is 5.48. The van der Waals surface area contributed by atoms with Crippen molar-refractivity contribution in [2.45, 2.75) is 25.5 Å². The van der Waals surface area contributed by atoms with Crippen molar-refractivity contribution in [3.63, 3.8) is 0 Å². The Morgan fingerprint density at radius 2 is 2.38 bits per heavy atom. The molecule has 1 aliphatic rings. The van der Waals surface area contributed by atoms with Crippen LogP contribution in [0.25, 0.3) is 0 Å². The van der Waals surface area contributed by atoms with E-state index in [9.17, 15) is 9.90 Å². The van der Waals surface area contributed by atoms with E-state index in [1.165, 1.54) is 4.90 Å². The Hall–Kier alpha value is -1.44. The van der Waals surface area contributed by atoms with Gasteiger partial charge in [0.25, 0.3) is 0 Å². The lowest BCUT2D eigenvalue weighted by atomic mass is 9.99. The second-order valence-electron chi connectivity index (χ2n) is 5.93. The first-order chi connectivity index (χ1) is 9.89. The molecular formula is C14H24N4O3. The highest BCUT2D eigenvalue weighted by molar-refractivity contribution is 5.76. The van der Waals surface area contributed by atoms with E-state index in [0.29, 0.717) is 26.2 Å². The van der Waals surface area contributed by atoms with E-state index in [4.69, 9.17) is 4.74 Å². The molecule has 0 bridgehead atoms. The lowest BCUT2D eigenvalue weighted by Gasteiger charge is -2.30. The first-order valence-electron chi connectivity index (χ1n) is 7.11. The monoisotopic (exact) mass is 296 g/mol. The molecule has 0 radical (unpaired) electrons. The summed E-state index contributed by atoms with van der Waals surface area (Å²) in [7, 11) is 3.38. The third kappa shape index (κ3) is 4.26. The van der Waals surface area contributed by atoms with Gasteiger partial charge < -0.3 is 19.7 Å². The highest BCUT2D eigenvalue weighted by atomic mass is 16.5. The number of hydrogen-bond acceptors (Lipinski definition) is 5. The van der Waals surface area contributed by atoms with Crippen LogP contribution >= 0.6 is 0 Å². The summed E-state index contributed by atoms with van der Waals surface area (Å²) >= 11 is 0. The molecule has 0 unspecified atom stereocenters. The summed E-state index contributed by atoms with van der Waals surface area (Å²) in [5.41, 5.74) is 0.827. The van der Waals surface area contributed by atoms with Crippen LogP contribution in [-0.4, -0.2) is 76.8 Å². The normalized spacial score (nSPS) is 23.8. The zero-order valence-corrected chi connectivity index (χ0v) is 12.9. The fourth-order valence-corrected chi connectivity index (χ4v) is 2.44. The maximum Gasteiger partial charge on any atom is 0.225 e. The first-order valence-corrected chi connectivity index (χ1v) is 7.11. The minimum atomic E-state index is -1.15. The average Bonchev–Trinajstić information content (AvgIpc) is 2.69. The Bertz CT molecular complexity index is 488. The van der Waals surface area contributed by atoms with Gasteiger partial charge in [0.05, 0.1) is 31.7 Å². The van der Waals surface area contributed by atoms with Gasteiger partial charge in [0, 0.05) is 39.4 Å². The average molecular weight is 296 g/mol. The molecule has 2 N–H and O–H groups in total. The number of nitrogens with zero attached hydrogens (tertiary/aromatic N) is 3. The van der Waals surface area contributed by atoms with Gasteiger partial charge in [-0.3, -0.25) is 9.69 Å². The number of amides is 1. The zero-order chi connectivity index (χ0) is 15.5. The smallest absolute Gasteiger partial charge is 0.225 e. The fraction of sp³-hybridized carbons (Fsp3) is 0.714. The van der Waals surface area contributed by atoms with E-state index in [1.54, 1.807) is 20.4 Å². The van der Waals surface area contributed by atoms with E-state index in [-0.39, 0.29) is 18.9 Å². The van der Waals surface area contributed by atoms with E-state index in [0.717, 1.165) is 11.4 Å². The SMILES string of the molecule is Cc1[nH]cnc1CN1CCOC[C@](O)(CC(=O)N(C)C)C1. The molecule has 7 heteroatoms. The van der Waals surface area contributed by atoms with Crippen LogP contribution in [0.4, 0.5) is 0 Å². The van der Waals surface area contributed by atoms with Gasteiger partial charge >= 0.3 is 0 Å². The second kappa shape index (κ2) is 6.55. The summed E-state index contributed by atoms with van der Waals surface area (Å²) in [6, 6.07) is 0. The molecule has 0 aromatic carbocycles. The zero-order valence-electron chi connectivity index (χ0n) is 12.9. The van der Waals surface area contributed by atoms with Crippen molar-refractivity contribution in [1.82, 2.24) is 19.8 Å². The van der Waals surface area contributed by atoms with Crippen molar-refractivity contribution < 1.29 is 14.6 Å². The topological polar surface area (TPSA) is 81.7 Å². The number of aromatic nitrogens is 2. The number of aliphatic hydroxyl groups is 1. The molecule has 1 aliphatic heterocycles. The summed E-state index contributed by atoms with van der Waals surface area (Å²) in [4.78, 5) is 22.8. The van der Waals surface area contributed by atoms with Gasteiger partial charge in [0.1, 0.15) is 5.60 Å². The van der Waals surface area contributed by atoms with Crippen LogP contribution in [-0.2, 0) is 16.1 Å². The highest BCUT2D eigenvalue weighted by Crippen LogP contribution is 2.19. The van der Waals surface area contributed by atoms with Gasteiger partial charge in [-0.2, -0.15) is 0 Å². The minimum absolute atomic E-state index is 0.0655. The van der Waals surface area contributed by atoms with Crippen LogP contribution in [0, 0.1) is 6.92 Å². The van der Waals surface area contributed by atoms with Crippen molar-refractivity contribution in [2.75, 3.05) is 40.4 Å². The van der Waals surface area contributed by atoms with Crippen LogP contribution in [0.1, 0.15) is 17.8 Å². The summed E-state index contributed by atoms with van der Waals surface area (Å²) in [5.74, 6) is -0.0982. The third-order valence-corrected chi connectivity index (χ3v) is 3.73. The molecule has 0 spiro atoms. The van der Waals surface area contributed by atoms with Crippen LogP contribution in [0.15, 0.2) is 6.33 Å². The molecule has 118 valence electrons. The van der Waals surface area contributed by atoms with Gasteiger partial charge in [0.15, 0.2) is 0 Å². The standard InChI is InChI=1S/C14H24N4O3/c1-11-12(16-10-15-11)7-18-4-5-21-9-14(20,8-18)6-13(19)17(2)3/h10,20H,4-9H2,1-3H3,(H,15,16)/t14-/m0/s1. The largest absolute Gasteiger partial charge is 0.386 e. The van der Waals surface area contributed by atoms with Gasteiger partial charge in [-0.25, -0.2) is 4.98 Å². The summed E-state index contributed by atoms with van der Waals surface area (Å²) in [6.07, 6.45) is 1.73. The number of H-pyrrole nitrogens is 1. The number of hydrogen-bond donors (Lipinski definition) is 2. The molecule has 1 amide bonds. The third-order valence-electron chi connectivity index (χ3n) is 3.73. The Kier molecular flexibility index (Phi) is 4.97. The maximum absolute atomic E-state index is 11.9. The molecule has 21 heavy (non-hydrogen) atoms. The summed E-state index contributed by atoms with van der Waals surface area (Å²) in [6.45, 7) is 4.45. The lowest BCUT2D eigenvalue weighted by molar-refractivity contribution is -0.136. The minimum Gasteiger partial charge on any atom is -0.386 e. The van der Waals surface area contributed by atoms with Crippen LogP contribution in [0.5, 0.6) is 0 Å². The maximum atomic E-state index is 11.9. The molecule has 0 aliphatic carbocycles. The number of nitrogens with one attached hydrogen (secondary N) is 1. The van der Waals surface area contributed by atoms with Crippen LogP contribution in [0.3, 0.4) is 0 Å². The number of carbonyl (C=O) groups excluding carboxylic acids is 1. The number of ether oxygens (including phenoxy) is 1. The number of aromatic amines is 1. The van der Waals surface area contributed by atoms with Crippen molar-refractivity contribution in [1.29, 1.82) is 0 Å². The van der Waals surface area contributed by atoms with E-state index < -0.39 is 5.60 Å². The first kappa shape index (κ1) is 15.9. The molecule has 2 rings (SSSR count). The number of aryl methyl sites for hydroxylation is 1. The van der Waals surface area contributed by atoms with Crippen molar-refractivity contribution in [3.8, 4) is 0 Å². The van der Waals surface area contributed by atoms with Crippen molar-refractivity contribution in [3.05, 3.63) is 17.7 Å². The molecule has 1 fully saturated rings. The molecule has 1 aromatic heterocycles. The predicted octanol–water partition coefficient (Wildman–Crippen LogP) is -0.240. The molecule has 2 heterocycles. The number of rotatable bonds is 4. The predicted molar refractivity (Wildman–Crippen MR) is 77.7 cm³/mol. The van der Waals surface area contributed by atoms with Crippen LogP contribution in [0.2, 0.25) is 0 Å². The van der Waals surface area contributed by atoms with E-state index >= 15 is 0 Å². The fourth-order valence-electron chi connectivity index (χ4n) is 2.44. The lowest BCUT2D eigenvalue weighted by Crippen LogP contribution is -2.47. The molecule has 1 aromatic rings. The van der Waals surface area contributed by atoms with Crippen molar-refractivity contribution >= 4 is 5.91 Å². The molecule has 1 atom stereocenters. The highest BCUT2D eigenvalue weighted by Gasteiger charge is 2.35. The van der Waals surface area contributed by atoms with Gasteiger partial charge in [-0.1, -0.05) is 0 Å². The van der Waals surface area contributed by atoms with Gasteiger partial charge in [-0.05, 0) is 6.92 Å². The van der Waals surface area contributed by atoms with Crippen molar-refractivity contribution in [2.24, 2.45) is 0 Å². The Morgan fingerprint density at radius 3 is 3.00 bits per heavy atom. The molecule has 1 saturated heterocycles. The Balaban J connectivity index is 2.03.